The van der Waals surface area contributed by atoms with E-state index in [1.54, 1.807) is 11.8 Å². The Bertz CT molecular complexity index is 1000. The molecule has 2 heterocycles. The Kier molecular flexibility index (Phi) is 6.28. The van der Waals surface area contributed by atoms with Crippen LogP contribution in [0.15, 0.2) is 54.6 Å². The van der Waals surface area contributed by atoms with E-state index in [9.17, 15) is 4.79 Å². The quantitative estimate of drug-likeness (QED) is 0.484. The largest absolute Gasteiger partial charge is 0.465 e. The lowest BCUT2D eigenvalue weighted by Gasteiger charge is -2.46. The van der Waals surface area contributed by atoms with Gasteiger partial charge in [-0.3, -0.25) is 9.28 Å². The van der Waals surface area contributed by atoms with Gasteiger partial charge in [-0.05, 0) is 60.5 Å². The first-order chi connectivity index (χ1) is 15.3. The Hall–Kier alpha value is -2.44. The Morgan fingerprint density at radius 2 is 1.94 bits per heavy atom. The van der Waals surface area contributed by atoms with Crippen LogP contribution in [0.5, 0.6) is 0 Å². The second-order valence-electron chi connectivity index (χ2n) is 9.23. The lowest BCUT2D eigenvalue weighted by molar-refractivity contribution is -0.911. The third-order valence-electron chi connectivity index (χ3n) is 6.53. The summed E-state index contributed by atoms with van der Waals surface area (Å²) in [4.78, 5) is 17.0. The first kappa shape index (κ1) is 22.7. The minimum absolute atomic E-state index is 0.109. The number of carbonyl (C=O) groups excluding carboxylic acids is 1. The van der Waals surface area contributed by atoms with Crippen LogP contribution >= 0.6 is 11.8 Å². The number of rotatable bonds is 6. The molecule has 0 aliphatic carbocycles. The predicted molar refractivity (Wildman–Crippen MR) is 135 cm³/mol. The standard InChI is InChI=1S/C26H34N3O2S/c1-6-31-25(30)24-19-29(4,5)26(32-24,28-18-16-21-9-7-8-10-23(21)28)17-15-20-11-13-22(14-12-20)27(2)3/h7-15,17,24H,6,16,18-19H2,1-5H3/q+1/t24?,26-/m1/s1. The maximum atomic E-state index is 12.8. The van der Waals surface area contributed by atoms with Crippen molar-refractivity contribution in [3.63, 3.8) is 0 Å². The van der Waals surface area contributed by atoms with Crippen molar-refractivity contribution in [1.29, 1.82) is 0 Å². The number of quaternary nitrogens is 1. The van der Waals surface area contributed by atoms with Gasteiger partial charge in [0.05, 0.1) is 20.7 Å². The van der Waals surface area contributed by atoms with Crippen molar-refractivity contribution >= 4 is 35.2 Å². The molecule has 170 valence electrons. The van der Waals surface area contributed by atoms with Crippen molar-refractivity contribution < 1.29 is 14.0 Å². The number of anilines is 2. The fourth-order valence-corrected chi connectivity index (χ4v) is 6.63. The Morgan fingerprint density at radius 3 is 2.62 bits per heavy atom. The summed E-state index contributed by atoms with van der Waals surface area (Å²) in [5.41, 5.74) is 4.97. The summed E-state index contributed by atoms with van der Waals surface area (Å²) in [5.74, 6) is -0.109. The molecule has 0 aromatic heterocycles. The molecule has 0 radical (unpaired) electrons. The van der Waals surface area contributed by atoms with Gasteiger partial charge in [0.25, 0.3) is 0 Å². The molecule has 32 heavy (non-hydrogen) atoms. The summed E-state index contributed by atoms with van der Waals surface area (Å²) in [6.07, 6.45) is 5.54. The lowest BCUT2D eigenvalue weighted by atomic mass is 10.1. The fourth-order valence-electron chi connectivity index (χ4n) is 4.77. The van der Waals surface area contributed by atoms with E-state index in [0.29, 0.717) is 11.1 Å². The second kappa shape index (κ2) is 8.83. The van der Waals surface area contributed by atoms with Gasteiger partial charge in [-0.25, -0.2) is 0 Å². The van der Waals surface area contributed by atoms with Gasteiger partial charge >= 0.3 is 5.97 Å². The number of nitrogens with zero attached hydrogens (tertiary/aromatic N) is 3. The van der Waals surface area contributed by atoms with E-state index in [4.69, 9.17) is 4.74 Å². The summed E-state index contributed by atoms with van der Waals surface area (Å²) in [6.45, 7) is 3.95. The molecule has 0 spiro atoms. The predicted octanol–water partition coefficient (Wildman–Crippen LogP) is 4.24. The van der Waals surface area contributed by atoms with Gasteiger partial charge in [-0.2, -0.15) is 0 Å². The molecule has 0 amide bonds. The number of fused-ring (bicyclic) bond motifs is 1. The molecule has 6 heteroatoms. The molecule has 2 aliphatic heterocycles. The topological polar surface area (TPSA) is 32.8 Å². The van der Waals surface area contributed by atoms with Gasteiger partial charge in [0.2, 0.25) is 4.99 Å². The van der Waals surface area contributed by atoms with Crippen LogP contribution in [0.1, 0.15) is 18.1 Å². The van der Waals surface area contributed by atoms with Crippen molar-refractivity contribution in [2.24, 2.45) is 0 Å². The van der Waals surface area contributed by atoms with E-state index in [2.05, 4.69) is 98.7 Å². The summed E-state index contributed by atoms with van der Waals surface area (Å²) in [5, 5.41) is -0.196. The van der Waals surface area contributed by atoms with E-state index < -0.39 is 4.99 Å². The zero-order valence-electron chi connectivity index (χ0n) is 19.7. The molecular weight excluding hydrogens is 418 g/mol. The molecule has 2 aromatic carbocycles. The number of thioether (sulfide) groups is 1. The number of para-hydroxylation sites is 1. The van der Waals surface area contributed by atoms with E-state index in [-0.39, 0.29) is 11.2 Å². The first-order valence-electron chi connectivity index (χ1n) is 11.3. The zero-order chi connectivity index (χ0) is 22.9. The average Bonchev–Trinajstić information content (AvgIpc) is 3.31. The van der Waals surface area contributed by atoms with Gasteiger partial charge in [0, 0.05) is 38.1 Å². The van der Waals surface area contributed by atoms with Crippen LogP contribution in [0, 0.1) is 0 Å². The number of hydrogen-bond donors (Lipinski definition) is 0. The maximum absolute atomic E-state index is 12.8. The van der Waals surface area contributed by atoms with Crippen molar-refractivity contribution in [3.8, 4) is 0 Å². The SMILES string of the molecule is CCOC(=O)C1C[N+](C)(C)[C@@](C=Cc2ccc(N(C)C)cc2)(N2CCc3ccccc32)S1. The molecule has 1 unspecified atom stereocenters. The number of likely N-dealkylation sites (N-methyl/N-ethyl adjacent to an activating group) is 1. The van der Waals surface area contributed by atoms with Gasteiger partial charge < -0.3 is 14.5 Å². The highest BCUT2D eigenvalue weighted by molar-refractivity contribution is 8.02. The minimum Gasteiger partial charge on any atom is -0.465 e. The number of hydrogen-bond acceptors (Lipinski definition) is 5. The number of carbonyl (C=O) groups is 1. The van der Waals surface area contributed by atoms with Crippen molar-refractivity contribution in [2.45, 2.75) is 23.6 Å². The van der Waals surface area contributed by atoms with Crippen molar-refractivity contribution in [3.05, 3.63) is 65.7 Å². The number of esters is 1. The van der Waals surface area contributed by atoms with Crippen molar-refractivity contribution in [1.82, 2.24) is 0 Å². The van der Waals surface area contributed by atoms with Crippen LogP contribution in [0.4, 0.5) is 11.4 Å². The summed E-state index contributed by atoms with van der Waals surface area (Å²) >= 11 is 1.73. The van der Waals surface area contributed by atoms with E-state index in [1.807, 2.05) is 6.92 Å². The Morgan fingerprint density at radius 1 is 1.22 bits per heavy atom. The molecule has 2 atom stereocenters. The third kappa shape index (κ3) is 4.02. The first-order valence-corrected chi connectivity index (χ1v) is 12.1. The molecule has 5 nitrogen and oxygen atoms in total. The molecular formula is C26H34N3O2S+. The van der Waals surface area contributed by atoms with Crippen LogP contribution in [0.2, 0.25) is 0 Å². The second-order valence-corrected chi connectivity index (χ2v) is 10.6. The zero-order valence-corrected chi connectivity index (χ0v) is 20.6. The fraction of sp³-hybridized carbons (Fsp3) is 0.423. The number of ether oxygens (including phenoxy) is 1. The van der Waals surface area contributed by atoms with Crippen LogP contribution in [-0.2, 0) is 16.0 Å². The maximum Gasteiger partial charge on any atom is 0.325 e. The molecule has 2 aliphatic rings. The molecule has 2 aromatic rings. The summed E-state index contributed by atoms with van der Waals surface area (Å²) in [6, 6.07) is 17.2. The molecule has 0 N–H and O–H groups in total. The smallest absolute Gasteiger partial charge is 0.325 e. The molecule has 1 fully saturated rings. The van der Waals surface area contributed by atoms with Gasteiger partial charge in [-0.15, -0.1) is 0 Å². The third-order valence-corrected chi connectivity index (χ3v) is 8.35. The lowest BCUT2D eigenvalue weighted by Crippen LogP contribution is -2.62. The Balaban J connectivity index is 1.74. The van der Waals surface area contributed by atoms with Crippen LogP contribution in [-0.4, -0.2) is 68.6 Å². The highest BCUT2D eigenvalue weighted by Gasteiger charge is 2.60. The van der Waals surface area contributed by atoms with Crippen LogP contribution < -0.4 is 9.80 Å². The molecule has 0 bridgehead atoms. The van der Waals surface area contributed by atoms with Crippen LogP contribution in [0.25, 0.3) is 6.08 Å². The molecule has 0 saturated carbocycles. The summed E-state index contributed by atoms with van der Waals surface area (Å²) in [7, 11) is 8.56. The number of benzene rings is 2. The van der Waals surface area contributed by atoms with E-state index in [0.717, 1.165) is 25.1 Å². The highest BCUT2D eigenvalue weighted by Crippen LogP contribution is 2.51. The van der Waals surface area contributed by atoms with Crippen LogP contribution in [0.3, 0.4) is 0 Å². The van der Waals surface area contributed by atoms with Gasteiger partial charge in [0.1, 0.15) is 6.54 Å². The normalized spacial score (nSPS) is 24.0. The monoisotopic (exact) mass is 452 g/mol. The van der Waals surface area contributed by atoms with Gasteiger partial charge in [0.15, 0.2) is 5.25 Å². The molecule has 1 saturated heterocycles. The Labute approximate surface area is 196 Å². The van der Waals surface area contributed by atoms with E-state index >= 15 is 0 Å². The van der Waals surface area contributed by atoms with E-state index in [1.165, 1.54) is 16.9 Å². The average molecular weight is 453 g/mol. The molecule has 4 rings (SSSR count). The van der Waals surface area contributed by atoms with Crippen molar-refractivity contribution in [2.75, 3.05) is 57.7 Å². The minimum atomic E-state index is -0.399. The summed E-state index contributed by atoms with van der Waals surface area (Å²) < 4.78 is 6.11. The highest BCUT2D eigenvalue weighted by atomic mass is 32.2. The van der Waals surface area contributed by atoms with Gasteiger partial charge in [-0.1, -0.05) is 30.3 Å².